The van der Waals surface area contributed by atoms with Gasteiger partial charge >= 0.3 is 23.5 Å². The average Bonchev–Trinajstić information content (AvgIpc) is 3.13. The van der Waals surface area contributed by atoms with Gasteiger partial charge in [0.15, 0.2) is 11.9 Å². The van der Waals surface area contributed by atoms with Crippen LogP contribution < -0.4 is 0 Å². The van der Waals surface area contributed by atoms with Crippen LogP contribution in [0.2, 0.25) is 0 Å². The van der Waals surface area contributed by atoms with Crippen LogP contribution in [-0.4, -0.2) is 74.2 Å². The summed E-state index contributed by atoms with van der Waals surface area (Å²) in [5.74, 6) is 0. The van der Waals surface area contributed by atoms with Crippen molar-refractivity contribution in [2.24, 2.45) is 0 Å². The molecule has 2 aromatic rings. The predicted octanol–water partition coefficient (Wildman–Crippen LogP) is -0.923. The molecule has 31 heavy (non-hydrogen) atoms. The summed E-state index contributed by atoms with van der Waals surface area (Å²) in [7, 11) is -16.7. The summed E-state index contributed by atoms with van der Waals surface area (Å²) in [5.41, 5.74) is 0.470. The van der Waals surface area contributed by atoms with E-state index in [9.17, 15) is 28.8 Å². The summed E-state index contributed by atoms with van der Waals surface area (Å²) < 4.78 is 52.0. The molecule has 2 unspecified atom stereocenters. The van der Waals surface area contributed by atoms with Gasteiger partial charge in [0.1, 0.15) is 35.2 Å². The molecule has 0 amide bonds. The van der Waals surface area contributed by atoms with E-state index in [0.717, 1.165) is 0 Å². The Labute approximate surface area is 177 Å². The van der Waals surface area contributed by atoms with Crippen LogP contribution in [0.3, 0.4) is 0 Å². The summed E-state index contributed by atoms with van der Waals surface area (Å²) in [4.78, 5) is 47.4. The first kappa shape index (κ1) is 24.8. The van der Waals surface area contributed by atoms with E-state index in [2.05, 4.69) is 40.7 Å². The van der Waals surface area contributed by atoms with Crippen molar-refractivity contribution in [3.63, 3.8) is 0 Å². The Hall–Kier alpha value is -0.810. The van der Waals surface area contributed by atoms with Gasteiger partial charge in [-0.2, -0.15) is 8.62 Å². The zero-order valence-corrected chi connectivity index (χ0v) is 18.4. The third-order valence-electron chi connectivity index (χ3n) is 3.77. The number of fused-ring (bicyclic) bond motifs is 1. The summed E-state index contributed by atoms with van der Waals surface area (Å²) >= 11 is 4.11. The molecule has 1 saturated heterocycles. The Morgan fingerprint density at radius 2 is 1.71 bits per heavy atom. The van der Waals surface area contributed by atoms with Gasteiger partial charge in [0.25, 0.3) is 0 Å². The minimum Gasteiger partial charge on any atom is -0.387 e. The zero-order chi connectivity index (χ0) is 23.2. The molecule has 0 bridgehead atoms. The number of phosphoric ester groups is 1. The van der Waals surface area contributed by atoms with Crippen molar-refractivity contribution in [3.8, 4) is 0 Å². The summed E-state index contributed by atoms with van der Waals surface area (Å²) in [6.45, 7) is -0.947. The standard InChI is InChI=1S/C10H15N4O13P3S/c15-6-4(1-24-29(20,21)27-30(22,23)26-28(17,18)19)25-10(7(6)16)14-3-13-5-8(14)11-2-12-9(5)31/h2-4,6-7,10,15-16H,1H2,(H,20,21)(H,22,23)(H,11,12,31)(H2,17,18,19)/t4-,6-,7-,10-/m1/s1. The van der Waals surface area contributed by atoms with E-state index in [0.29, 0.717) is 0 Å². The maximum atomic E-state index is 11.8. The Bertz CT molecular complexity index is 1110. The number of hydrogen-bond donors (Lipinski definition) is 7. The number of aliphatic hydroxyl groups excluding tert-OH is 2. The van der Waals surface area contributed by atoms with Gasteiger partial charge in [-0.25, -0.2) is 28.6 Å². The number of thiol groups is 1. The third-order valence-corrected chi connectivity index (χ3v) is 7.90. The van der Waals surface area contributed by atoms with Gasteiger partial charge in [-0.1, -0.05) is 0 Å². The maximum absolute atomic E-state index is 11.8. The molecule has 0 aromatic carbocycles. The van der Waals surface area contributed by atoms with Crippen molar-refractivity contribution < 1.29 is 61.4 Å². The Morgan fingerprint density at radius 1 is 1.03 bits per heavy atom. The first-order chi connectivity index (χ1) is 14.2. The van der Waals surface area contributed by atoms with Crippen LogP contribution in [0.25, 0.3) is 11.2 Å². The van der Waals surface area contributed by atoms with Gasteiger partial charge in [0.2, 0.25) is 0 Å². The molecule has 0 aliphatic carbocycles. The van der Waals surface area contributed by atoms with Gasteiger partial charge < -0.3 is 34.5 Å². The molecule has 17 nitrogen and oxygen atoms in total. The normalized spacial score (nSPS) is 28.5. The van der Waals surface area contributed by atoms with Crippen molar-refractivity contribution in [1.29, 1.82) is 0 Å². The fraction of sp³-hybridized carbons (Fsp3) is 0.500. The van der Waals surface area contributed by atoms with Crippen molar-refractivity contribution in [3.05, 3.63) is 12.7 Å². The fourth-order valence-electron chi connectivity index (χ4n) is 2.59. The van der Waals surface area contributed by atoms with Crippen molar-refractivity contribution >= 4 is 47.3 Å². The number of hydrogen-bond acceptors (Lipinski definition) is 13. The van der Waals surface area contributed by atoms with Crippen molar-refractivity contribution in [2.75, 3.05) is 6.61 Å². The highest BCUT2D eigenvalue weighted by molar-refractivity contribution is 7.80. The summed E-state index contributed by atoms with van der Waals surface area (Å²) in [6.07, 6.45) is -3.55. The molecular weight excluding hydrogens is 509 g/mol. The van der Waals surface area contributed by atoms with E-state index in [-0.39, 0.29) is 16.2 Å². The van der Waals surface area contributed by atoms with Crippen LogP contribution in [0.1, 0.15) is 6.23 Å². The van der Waals surface area contributed by atoms with Crippen molar-refractivity contribution in [2.45, 2.75) is 29.6 Å². The van der Waals surface area contributed by atoms with Crippen LogP contribution in [-0.2, 0) is 31.6 Å². The Kier molecular flexibility index (Phi) is 7.09. The molecule has 6 N–H and O–H groups in total. The number of ether oxygens (including phenoxy) is 1. The molecule has 21 heteroatoms. The summed E-state index contributed by atoms with van der Waals surface area (Å²) in [5, 5.41) is 20.7. The SMILES string of the molecule is O=P(O)(O)OP(=O)(O)OP(=O)(O)OC[C@H]1O[C@@H](n2cnc3c(S)ncnc32)[C@H](O)[C@@H]1O. The lowest BCUT2D eigenvalue weighted by Crippen LogP contribution is -2.33. The van der Waals surface area contributed by atoms with E-state index in [1.165, 1.54) is 17.2 Å². The number of imidazole rings is 1. The predicted molar refractivity (Wildman–Crippen MR) is 98.3 cm³/mol. The number of aromatic nitrogens is 4. The highest BCUT2D eigenvalue weighted by atomic mass is 32.1. The zero-order valence-electron chi connectivity index (χ0n) is 14.8. The molecule has 3 heterocycles. The van der Waals surface area contributed by atoms with Gasteiger partial charge in [-0.15, -0.1) is 12.6 Å². The monoisotopic (exact) mass is 524 g/mol. The molecular formula is C10H15N4O13P3S. The highest BCUT2D eigenvalue weighted by Gasteiger charge is 2.46. The lowest BCUT2D eigenvalue weighted by atomic mass is 10.1. The first-order valence-electron chi connectivity index (χ1n) is 7.85. The van der Waals surface area contributed by atoms with Gasteiger partial charge in [-0.3, -0.25) is 9.09 Å². The molecule has 1 fully saturated rings. The molecule has 2 aromatic heterocycles. The molecule has 0 saturated carbocycles. The Balaban J connectivity index is 1.69. The van der Waals surface area contributed by atoms with Crippen LogP contribution in [0.4, 0.5) is 0 Å². The quantitative estimate of drug-likeness (QED) is 0.125. The fourth-order valence-corrected chi connectivity index (χ4v) is 5.83. The number of aliphatic hydroxyl groups is 2. The average molecular weight is 524 g/mol. The Morgan fingerprint density at radius 3 is 2.35 bits per heavy atom. The second-order valence-electron chi connectivity index (χ2n) is 5.95. The van der Waals surface area contributed by atoms with E-state index in [4.69, 9.17) is 19.4 Å². The van der Waals surface area contributed by atoms with Gasteiger partial charge in [0.05, 0.1) is 12.9 Å². The van der Waals surface area contributed by atoms with Crippen LogP contribution >= 0.6 is 36.1 Å². The third kappa shape index (κ3) is 5.96. The van der Waals surface area contributed by atoms with E-state index < -0.39 is 54.6 Å². The smallest absolute Gasteiger partial charge is 0.387 e. The number of rotatable bonds is 8. The lowest BCUT2D eigenvalue weighted by Gasteiger charge is -2.19. The second-order valence-corrected chi connectivity index (χ2v) is 10.8. The van der Waals surface area contributed by atoms with Crippen LogP contribution in [0, 0.1) is 0 Å². The second kappa shape index (κ2) is 8.85. The van der Waals surface area contributed by atoms with Crippen molar-refractivity contribution in [1.82, 2.24) is 19.5 Å². The first-order valence-corrected chi connectivity index (χ1v) is 12.8. The molecule has 6 atom stereocenters. The molecule has 1 aliphatic rings. The molecule has 0 radical (unpaired) electrons. The minimum atomic E-state index is -5.70. The van der Waals surface area contributed by atoms with E-state index in [1.54, 1.807) is 0 Å². The van der Waals surface area contributed by atoms with Gasteiger partial charge in [0, 0.05) is 0 Å². The van der Waals surface area contributed by atoms with E-state index >= 15 is 0 Å². The molecule has 174 valence electrons. The van der Waals surface area contributed by atoms with Crippen LogP contribution in [0.5, 0.6) is 0 Å². The number of phosphoric acid groups is 3. The number of nitrogens with zero attached hydrogens (tertiary/aromatic N) is 4. The topological polar surface area (TPSA) is 253 Å². The lowest BCUT2D eigenvalue weighted by molar-refractivity contribution is -0.0503. The summed E-state index contributed by atoms with van der Waals surface area (Å²) in [6, 6.07) is 0. The molecule has 3 rings (SSSR count). The van der Waals surface area contributed by atoms with E-state index in [1.807, 2.05) is 0 Å². The molecule has 0 spiro atoms. The maximum Gasteiger partial charge on any atom is 0.490 e. The highest BCUT2D eigenvalue weighted by Crippen LogP contribution is 2.66. The largest absolute Gasteiger partial charge is 0.490 e. The van der Waals surface area contributed by atoms with Gasteiger partial charge in [-0.05, 0) is 0 Å². The van der Waals surface area contributed by atoms with Crippen LogP contribution in [0.15, 0.2) is 17.7 Å². The molecule has 1 aliphatic heterocycles. The minimum absolute atomic E-state index is 0.199.